The number of hydrogen-bond acceptors (Lipinski definition) is 5. The van der Waals surface area contributed by atoms with Gasteiger partial charge in [0.15, 0.2) is 0 Å². The van der Waals surface area contributed by atoms with Gasteiger partial charge in [0.25, 0.3) is 0 Å². The zero-order valence-corrected chi connectivity index (χ0v) is 14.9. The van der Waals surface area contributed by atoms with Crippen molar-refractivity contribution in [3.63, 3.8) is 0 Å². The molecular weight excluding hydrogens is 322 g/mol. The molecule has 0 spiro atoms. The molecule has 124 valence electrons. The molecule has 0 saturated carbocycles. The number of rotatable bonds is 4. The fourth-order valence-electron chi connectivity index (χ4n) is 2.34. The van der Waals surface area contributed by atoms with E-state index in [-0.39, 0.29) is 0 Å². The number of nitrogens with one attached hydrogen (secondary N) is 1. The van der Waals surface area contributed by atoms with Gasteiger partial charge in [-0.05, 0) is 43.7 Å². The summed E-state index contributed by atoms with van der Waals surface area (Å²) >= 11 is 0. The van der Waals surface area contributed by atoms with Crippen molar-refractivity contribution in [3.8, 4) is 11.4 Å². The molecule has 3 aromatic rings. The van der Waals surface area contributed by atoms with E-state index in [4.69, 9.17) is 0 Å². The first-order valence-corrected chi connectivity index (χ1v) is 9.04. The van der Waals surface area contributed by atoms with E-state index < -0.39 is 10.8 Å². The first-order valence-electron chi connectivity index (χ1n) is 7.48. The molecule has 6 nitrogen and oxygen atoms in total. The lowest BCUT2D eigenvalue weighted by Gasteiger charge is -2.10. The molecule has 1 atom stereocenters. The number of imidazole rings is 1. The lowest BCUT2D eigenvalue weighted by molar-refractivity contribution is 0.687. The van der Waals surface area contributed by atoms with Crippen LogP contribution >= 0.6 is 0 Å². The first-order chi connectivity index (χ1) is 11.5. The van der Waals surface area contributed by atoms with Gasteiger partial charge in [0, 0.05) is 40.9 Å². The van der Waals surface area contributed by atoms with Crippen LogP contribution in [0.4, 0.5) is 11.6 Å². The molecule has 1 aromatic carbocycles. The molecule has 0 fully saturated rings. The summed E-state index contributed by atoms with van der Waals surface area (Å²) in [5.74, 6) is 1.44. The maximum atomic E-state index is 11.4. The SMILES string of the molecule is Cc1cnc(Nc2ccc(S(C)=O)cc2)nc1-c1cnc(C)n1C. The number of anilines is 2. The highest BCUT2D eigenvalue weighted by atomic mass is 32.2. The largest absolute Gasteiger partial charge is 0.330 e. The van der Waals surface area contributed by atoms with Gasteiger partial charge in [-0.25, -0.2) is 15.0 Å². The summed E-state index contributed by atoms with van der Waals surface area (Å²) in [7, 11) is 0.984. The monoisotopic (exact) mass is 341 g/mol. The summed E-state index contributed by atoms with van der Waals surface area (Å²) in [5, 5.41) is 3.18. The summed E-state index contributed by atoms with van der Waals surface area (Å²) in [5.41, 5.74) is 3.63. The molecular formula is C17H19N5OS. The second-order valence-electron chi connectivity index (χ2n) is 5.58. The Labute approximate surface area is 143 Å². The third-order valence-corrected chi connectivity index (χ3v) is 4.81. The van der Waals surface area contributed by atoms with Crippen LogP contribution in [0.3, 0.4) is 0 Å². The molecule has 0 aliphatic carbocycles. The zero-order chi connectivity index (χ0) is 17.3. The molecule has 0 saturated heterocycles. The summed E-state index contributed by atoms with van der Waals surface area (Å²) in [4.78, 5) is 14.1. The topological polar surface area (TPSA) is 72.7 Å². The van der Waals surface area contributed by atoms with Crippen LogP contribution in [0.25, 0.3) is 11.4 Å². The fourth-order valence-corrected chi connectivity index (χ4v) is 2.86. The van der Waals surface area contributed by atoms with Crippen molar-refractivity contribution in [2.75, 3.05) is 11.6 Å². The van der Waals surface area contributed by atoms with Crippen LogP contribution in [0.15, 0.2) is 41.6 Å². The van der Waals surface area contributed by atoms with Crippen LogP contribution < -0.4 is 5.32 Å². The summed E-state index contributed by atoms with van der Waals surface area (Å²) in [6, 6.07) is 7.40. The first kappa shape index (κ1) is 16.3. The summed E-state index contributed by atoms with van der Waals surface area (Å²) < 4.78 is 13.5. The van der Waals surface area contributed by atoms with E-state index in [1.54, 1.807) is 12.5 Å². The smallest absolute Gasteiger partial charge is 0.227 e. The van der Waals surface area contributed by atoms with E-state index in [2.05, 4.69) is 20.3 Å². The van der Waals surface area contributed by atoms with Crippen LogP contribution in [0.5, 0.6) is 0 Å². The molecule has 0 aliphatic rings. The van der Waals surface area contributed by atoms with Gasteiger partial charge >= 0.3 is 0 Å². The predicted molar refractivity (Wildman–Crippen MR) is 95.8 cm³/mol. The minimum Gasteiger partial charge on any atom is -0.330 e. The molecule has 1 N–H and O–H groups in total. The Morgan fingerprint density at radius 2 is 1.79 bits per heavy atom. The summed E-state index contributed by atoms with van der Waals surface area (Å²) in [6.45, 7) is 3.94. The maximum absolute atomic E-state index is 11.4. The van der Waals surface area contributed by atoms with Crippen molar-refractivity contribution < 1.29 is 4.21 Å². The van der Waals surface area contributed by atoms with E-state index in [9.17, 15) is 4.21 Å². The Bertz CT molecular complexity index is 902. The second-order valence-corrected chi connectivity index (χ2v) is 6.96. The highest BCUT2D eigenvalue weighted by Crippen LogP contribution is 2.23. The number of nitrogens with zero attached hydrogens (tertiary/aromatic N) is 4. The molecule has 0 amide bonds. The minimum atomic E-state index is -0.984. The standard InChI is InChI=1S/C17H19N5OS/c1-11-9-19-17(20-13-5-7-14(8-6-13)24(4)23)21-16(11)15-10-18-12(2)22(15)3/h5-10H,1-4H3,(H,19,20,21). The quantitative estimate of drug-likeness (QED) is 0.790. The molecule has 3 rings (SSSR count). The normalized spacial score (nSPS) is 12.2. The van der Waals surface area contributed by atoms with E-state index in [1.807, 2.05) is 55.9 Å². The van der Waals surface area contributed by atoms with Crippen LogP contribution in [-0.4, -0.2) is 30.0 Å². The number of aryl methyl sites for hydroxylation is 2. The Hall–Kier alpha value is -2.54. The number of aromatic nitrogens is 4. The molecule has 24 heavy (non-hydrogen) atoms. The van der Waals surface area contributed by atoms with Crippen molar-refractivity contribution in [3.05, 3.63) is 48.0 Å². The van der Waals surface area contributed by atoms with E-state index in [1.165, 1.54) is 0 Å². The van der Waals surface area contributed by atoms with E-state index >= 15 is 0 Å². The highest BCUT2D eigenvalue weighted by Gasteiger charge is 2.12. The van der Waals surface area contributed by atoms with Crippen LogP contribution in [0.2, 0.25) is 0 Å². The molecule has 1 unspecified atom stereocenters. The Kier molecular flexibility index (Phi) is 4.44. The number of hydrogen-bond donors (Lipinski definition) is 1. The van der Waals surface area contributed by atoms with Gasteiger partial charge in [-0.2, -0.15) is 0 Å². The van der Waals surface area contributed by atoms with Crippen LogP contribution in [0.1, 0.15) is 11.4 Å². The molecule has 2 heterocycles. The molecule has 7 heteroatoms. The summed E-state index contributed by atoms with van der Waals surface area (Å²) in [6.07, 6.45) is 5.27. The lowest BCUT2D eigenvalue weighted by atomic mass is 10.2. The molecule has 2 aromatic heterocycles. The van der Waals surface area contributed by atoms with Crippen molar-refractivity contribution in [1.82, 2.24) is 19.5 Å². The van der Waals surface area contributed by atoms with Gasteiger partial charge in [0.2, 0.25) is 5.95 Å². The Balaban J connectivity index is 1.91. The van der Waals surface area contributed by atoms with Crippen molar-refractivity contribution >= 4 is 22.4 Å². The average molecular weight is 341 g/mol. The molecule has 0 aliphatic heterocycles. The van der Waals surface area contributed by atoms with E-state index in [0.717, 1.165) is 33.4 Å². The van der Waals surface area contributed by atoms with Crippen LogP contribution in [0, 0.1) is 13.8 Å². The lowest BCUT2D eigenvalue weighted by Crippen LogP contribution is -2.03. The average Bonchev–Trinajstić information content (AvgIpc) is 2.89. The number of benzene rings is 1. The van der Waals surface area contributed by atoms with Gasteiger partial charge in [0.1, 0.15) is 5.82 Å². The molecule has 0 radical (unpaired) electrons. The second kappa shape index (κ2) is 6.52. The highest BCUT2D eigenvalue weighted by molar-refractivity contribution is 7.84. The predicted octanol–water partition coefficient (Wildman–Crippen LogP) is 2.97. The zero-order valence-electron chi connectivity index (χ0n) is 14.1. The van der Waals surface area contributed by atoms with Gasteiger partial charge in [-0.15, -0.1) is 0 Å². The van der Waals surface area contributed by atoms with E-state index in [0.29, 0.717) is 5.95 Å². The minimum absolute atomic E-state index is 0.514. The molecule has 0 bridgehead atoms. The maximum Gasteiger partial charge on any atom is 0.227 e. The Morgan fingerprint density at radius 1 is 1.08 bits per heavy atom. The third-order valence-electron chi connectivity index (χ3n) is 3.88. The fraction of sp³-hybridized carbons (Fsp3) is 0.235. The van der Waals surface area contributed by atoms with Gasteiger partial charge < -0.3 is 9.88 Å². The van der Waals surface area contributed by atoms with Crippen LogP contribution in [-0.2, 0) is 17.8 Å². The van der Waals surface area contributed by atoms with Gasteiger partial charge in [-0.1, -0.05) is 0 Å². The third kappa shape index (κ3) is 3.21. The van der Waals surface area contributed by atoms with Crippen molar-refractivity contribution in [1.29, 1.82) is 0 Å². The van der Waals surface area contributed by atoms with Crippen molar-refractivity contribution in [2.45, 2.75) is 18.7 Å². The Morgan fingerprint density at radius 3 is 2.38 bits per heavy atom. The van der Waals surface area contributed by atoms with Gasteiger partial charge in [0.05, 0.1) is 17.6 Å². The van der Waals surface area contributed by atoms with Gasteiger partial charge in [-0.3, -0.25) is 4.21 Å². The van der Waals surface area contributed by atoms with Crippen molar-refractivity contribution in [2.24, 2.45) is 7.05 Å².